The average molecular weight is 227 g/mol. The summed E-state index contributed by atoms with van der Waals surface area (Å²) in [6.45, 7) is 0. The van der Waals surface area contributed by atoms with Gasteiger partial charge in [0, 0.05) is 11.1 Å². The van der Waals surface area contributed by atoms with E-state index in [0.29, 0.717) is 5.71 Å². The lowest BCUT2D eigenvalue weighted by Gasteiger charge is -2.06. The zero-order chi connectivity index (χ0) is 12.1. The molecule has 2 aromatic carbocycles. The van der Waals surface area contributed by atoms with Crippen molar-refractivity contribution in [2.75, 3.05) is 7.11 Å². The number of hydrogen-bond donors (Lipinski definition) is 1. The lowest BCUT2D eigenvalue weighted by Crippen LogP contribution is -2.03. The zero-order valence-electron chi connectivity index (χ0n) is 9.50. The van der Waals surface area contributed by atoms with Crippen LogP contribution in [0.15, 0.2) is 59.8 Å². The van der Waals surface area contributed by atoms with Gasteiger partial charge in [0.05, 0.1) is 7.11 Å². The normalized spacial score (nSPS) is 11.2. The Morgan fingerprint density at radius 2 is 1.71 bits per heavy atom. The highest BCUT2D eigenvalue weighted by atomic mass is 16.5. The van der Waals surface area contributed by atoms with Crippen molar-refractivity contribution >= 4 is 5.71 Å². The summed E-state index contributed by atoms with van der Waals surface area (Å²) in [6, 6.07) is 17.0. The van der Waals surface area contributed by atoms with Crippen molar-refractivity contribution in [3.63, 3.8) is 0 Å². The van der Waals surface area contributed by atoms with Crippen LogP contribution < -0.4 is 4.74 Å². The minimum atomic E-state index is 0.532. The molecule has 0 atom stereocenters. The fourth-order valence-electron chi connectivity index (χ4n) is 1.65. The standard InChI is InChI=1S/C14H13NO2/c1-17-13-9-5-8-12(10-13)14(15-16)11-6-3-2-4-7-11/h2-10,16H,1H3/b15-14+. The van der Waals surface area contributed by atoms with Crippen LogP contribution >= 0.6 is 0 Å². The van der Waals surface area contributed by atoms with E-state index in [4.69, 9.17) is 9.94 Å². The van der Waals surface area contributed by atoms with Crippen molar-refractivity contribution in [1.82, 2.24) is 0 Å². The summed E-state index contributed by atoms with van der Waals surface area (Å²) < 4.78 is 5.15. The second-order valence-corrected chi connectivity index (χ2v) is 3.55. The van der Waals surface area contributed by atoms with Gasteiger partial charge in [0.1, 0.15) is 11.5 Å². The molecule has 0 aromatic heterocycles. The Morgan fingerprint density at radius 3 is 2.35 bits per heavy atom. The van der Waals surface area contributed by atoms with E-state index in [1.807, 2.05) is 54.6 Å². The van der Waals surface area contributed by atoms with Crippen molar-refractivity contribution in [3.05, 3.63) is 65.7 Å². The Kier molecular flexibility index (Phi) is 3.40. The van der Waals surface area contributed by atoms with Gasteiger partial charge in [-0.05, 0) is 12.1 Å². The van der Waals surface area contributed by atoms with E-state index in [1.165, 1.54) is 0 Å². The largest absolute Gasteiger partial charge is 0.497 e. The molecular weight excluding hydrogens is 214 g/mol. The van der Waals surface area contributed by atoms with E-state index in [9.17, 15) is 0 Å². The quantitative estimate of drug-likeness (QED) is 0.497. The summed E-state index contributed by atoms with van der Waals surface area (Å²) >= 11 is 0. The van der Waals surface area contributed by atoms with Crippen LogP contribution in [0.5, 0.6) is 5.75 Å². The van der Waals surface area contributed by atoms with Crippen LogP contribution in [0.25, 0.3) is 0 Å². The third-order valence-corrected chi connectivity index (χ3v) is 2.49. The first-order valence-corrected chi connectivity index (χ1v) is 5.27. The number of oxime groups is 1. The molecule has 0 bridgehead atoms. The third kappa shape index (κ3) is 2.45. The Hall–Kier alpha value is -2.29. The highest BCUT2D eigenvalue weighted by Gasteiger charge is 2.07. The van der Waals surface area contributed by atoms with Crippen LogP contribution in [-0.4, -0.2) is 18.0 Å². The molecule has 0 unspecified atom stereocenters. The molecule has 86 valence electrons. The first-order chi connectivity index (χ1) is 8.35. The first-order valence-electron chi connectivity index (χ1n) is 5.27. The van der Waals surface area contributed by atoms with Gasteiger partial charge in [0.15, 0.2) is 0 Å². The Bertz CT molecular complexity index is 521. The molecule has 2 aromatic rings. The molecule has 0 saturated carbocycles. The average Bonchev–Trinajstić information content (AvgIpc) is 2.41. The Balaban J connectivity index is 2.43. The summed E-state index contributed by atoms with van der Waals surface area (Å²) in [7, 11) is 1.61. The second kappa shape index (κ2) is 5.16. The molecule has 1 N–H and O–H groups in total. The molecule has 3 nitrogen and oxygen atoms in total. The molecular formula is C14H13NO2. The SMILES string of the molecule is COc1cccc(/C(=N/O)c2ccccc2)c1. The molecule has 0 radical (unpaired) electrons. The fourth-order valence-corrected chi connectivity index (χ4v) is 1.65. The zero-order valence-corrected chi connectivity index (χ0v) is 9.50. The van der Waals surface area contributed by atoms with Crippen LogP contribution in [0.3, 0.4) is 0 Å². The number of methoxy groups -OCH3 is 1. The van der Waals surface area contributed by atoms with E-state index in [0.717, 1.165) is 16.9 Å². The van der Waals surface area contributed by atoms with E-state index >= 15 is 0 Å². The lowest BCUT2D eigenvalue weighted by molar-refractivity contribution is 0.319. The van der Waals surface area contributed by atoms with Gasteiger partial charge in [-0.1, -0.05) is 47.6 Å². The predicted molar refractivity (Wildman–Crippen MR) is 66.9 cm³/mol. The number of ether oxygens (including phenoxy) is 1. The maximum absolute atomic E-state index is 9.14. The van der Waals surface area contributed by atoms with Crippen molar-refractivity contribution in [2.24, 2.45) is 5.16 Å². The summed E-state index contributed by atoms with van der Waals surface area (Å²) in [5.41, 5.74) is 2.21. The van der Waals surface area contributed by atoms with E-state index in [2.05, 4.69) is 5.16 Å². The van der Waals surface area contributed by atoms with Gasteiger partial charge in [-0.3, -0.25) is 0 Å². The number of hydrogen-bond acceptors (Lipinski definition) is 3. The van der Waals surface area contributed by atoms with Gasteiger partial charge < -0.3 is 9.94 Å². The predicted octanol–water partition coefficient (Wildman–Crippen LogP) is 2.92. The molecule has 0 aliphatic heterocycles. The van der Waals surface area contributed by atoms with Crippen LogP contribution in [-0.2, 0) is 0 Å². The van der Waals surface area contributed by atoms with Gasteiger partial charge >= 0.3 is 0 Å². The molecule has 0 fully saturated rings. The van der Waals surface area contributed by atoms with Gasteiger partial charge in [0.2, 0.25) is 0 Å². The third-order valence-electron chi connectivity index (χ3n) is 2.49. The van der Waals surface area contributed by atoms with Crippen LogP contribution in [0.2, 0.25) is 0 Å². The van der Waals surface area contributed by atoms with Gasteiger partial charge in [-0.25, -0.2) is 0 Å². The van der Waals surface area contributed by atoms with Crippen molar-refractivity contribution in [1.29, 1.82) is 0 Å². The molecule has 0 aliphatic rings. The molecule has 17 heavy (non-hydrogen) atoms. The van der Waals surface area contributed by atoms with Gasteiger partial charge in [0.25, 0.3) is 0 Å². The molecule has 0 heterocycles. The molecule has 0 amide bonds. The van der Waals surface area contributed by atoms with Crippen molar-refractivity contribution in [3.8, 4) is 5.75 Å². The highest BCUT2D eigenvalue weighted by molar-refractivity contribution is 6.12. The maximum Gasteiger partial charge on any atom is 0.119 e. The summed E-state index contributed by atoms with van der Waals surface area (Å²) in [5, 5.41) is 12.5. The Morgan fingerprint density at radius 1 is 1.00 bits per heavy atom. The number of nitrogens with zero attached hydrogens (tertiary/aromatic N) is 1. The summed E-state index contributed by atoms with van der Waals surface area (Å²) in [6.07, 6.45) is 0. The molecule has 0 saturated heterocycles. The van der Waals surface area contributed by atoms with Gasteiger partial charge in [-0.15, -0.1) is 0 Å². The smallest absolute Gasteiger partial charge is 0.119 e. The fraction of sp³-hybridized carbons (Fsp3) is 0.0714. The summed E-state index contributed by atoms with van der Waals surface area (Å²) in [4.78, 5) is 0. The second-order valence-electron chi connectivity index (χ2n) is 3.55. The van der Waals surface area contributed by atoms with Crippen molar-refractivity contribution < 1.29 is 9.94 Å². The first kappa shape index (κ1) is 11.2. The number of rotatable bonds is 3. The monoisotopic (exact) mass is 227 g/mol. The van der Waals surface area contributed by atoms with Crippen LogP contribution in [0.4, 0.5) is 0 Å². The minimum Gasteiger partial charge on any atom is -0.497 e. The van der Waals surface area contributed by atoms with Crippen LogP contribution in [0.1, 0.15) is 11.1 Å². The van der Waals surface area contributed by atoms with E-state index < -0.39 is 0 Å². The highest BCUT2D eigenvalue weighted by Crippen LogP contribution is 2.16. The summed E-state index contributed by atoms with van der Waals surface area (Å²) in [5.74, 6) is 0.736. The maximum atomic E-state index is 9.14. The molecule has 3 heteroatoms. The number of benzene rings is 2. The lowest BCUT2D eigenvalue weighted by atomic mass is 10.0. The topological polar surface area (TPSA) is 41.8 Å². The molecule has 2 rings (SSSR count). The Labute approximate surface area is 100.0 Å². The van der Waals surface area contributed by atoms with Crippen LogP contribution in [0, 0.1) is 0 Å². The van der Waals surface area contributed by atoms with Gasteiger partial charge in [-0.2, -0.15) is 0 Å². The molecule has 0 aliphatic carbocycles. The molecule has 0 spiro atoms. The van der Waals surface area contributed by atoms with E-state index in [1.54, 1.807) is 7.11 Å². The minimum absolute atomic E-state index is 0.532. The van der Waals surface area contributed by atoms with Crippen molar-refractivity contribution in [2.45, 2.75) is 0 Å². The van der Waals surface area contributed by atoms with E-state index in [-0.39, 0.29) is 0 Å².